The lowest BCUT2D eigenvalue weighted by Crippen LogP contribution is -2.39. The van der Waals surface area contributed by atoms with Gasteiger partial charge < -0.3 is 24.7 Å². The third-order valence-electron chi connectivity index (χ3n) is 3.77. The number of carbonyl (C=O) groups excluding carboxylic acids is 2. The summed E-state index contributed by atoms with van der Waals surface area (Å²) in [4.78, 5) is 26.4. The zero-order chi connectivity index (χ0) is 21.0. The predicted octanol–water partition coefficient (Wildman–Crippen LogP) is 3.27. The van der Waals surface area contributed by atoms with Gasteiger partial charge in [0, 0.05) is 25.0 Å². The number of aromatic nitrogens is 1. The van der Waals surface area contributed by atoms with Gasteiger partial charge in [-0.25, -0.2) is 4.79 Å². The molecule has 0 bridgehead atoms. The molecule has 0 spiro atoms. The van der Waals surface area contributed by atoms with E-state index in [0.717, 1.165) is 30.7 Å². The number of nitrogens with zero attached hydrogens (tertiary/aromatic N) is 1. The summed E-state index contributed by atoms with van der Waals surface area (Å²) in [6, 6.07) is 2.82. The highest BCUT2D eigenvalue weighted by Gasteiger charge is 2.28. The maximum Gasteiger partial charge on any atom is 0.422 e. The van der Waals surface area contributed by atoms with E-state index in [2.05, 4.69) is 19.8 Å². The molecule has 28 heavy (non-hydrogen) atoms. The van der Waals surface area contributed by atoms with E-state index in [1.165, 1.54) is 30.0 Å². The smallest absolute Gasteiger partial charge is 0.422 e. The monoisotopic (exact) mass is 424 g/mol. The Morgan fingerprint density at radius 1 is 1.36 bits per heavy atom. The van der Waals surface area contributed by atoms with E-state index in [-0.39, 0.29) is 24.5 Å². The van der Waals surface area contributed by atoms with E-state index >= 15 is 0 Å². The Balaban J connectivity index is 2.18. The Hall–Kier alpha value is -1.88. The van der Waals surface area contributed by atoms with E-state index in [9.17, 15) is 22.8 Å². The van der Waals surface area contributed by atoms with E-state index in [1.54, 1.807) is 6.07 Å². The molecule has 3 N–H and O–H groups in total. The lowest BCUT2D eigenvalue weighted by Gasteiger charge is -2.19. The van der Waals surface area contributed by atoms with E-state index in [4.69, 9.17) is 0 Å². The molecule has 0 saturated carbocycles. The minimum Gasteiger partial charge on any atom is -0.469 e. The van der Waals surface area contributed by atoms with E-state index in [1.807, 2.05) is 6.92 Å². The summed E-state index contributed by atoms with van der Waals surface area (Å²) in [6.45, 7) is 1.18. The second kappa shape index (κ2) is 12.6. The van der Waals surface area contributed by atoms with Gasteiger partial charge in [-0.2, -0.15) is 13.2 Å². The fraction of sp³-hybridized carbons (Fsp3) is 0.647. The zero-order valence-corrected chi connectivity index (χ0v) is 16.8. The molecule has 160 valence electrons. The van der Waals surface area contributed by atoms with E-state index < -0.39 is 12.8 Å². The Morgan fingerprint density at radius 3 is 2.75 bits per heavy atom. The van der Waals surface area contributed by atoms with Gasteiger partial charge in [0.05, 0.1) is 12.6 Å². The third-order valence-corrected chi connectivity index (χ3v) is 4.78. The van der Waals surface area contributed by atoms with Crippen LogP contribution < -0.4 is 14.8 Å². The van der Waals surface area contributed by atoms with Gasteiger partial charge >= 0.3 is 12.2 Å². The molecule has 11 heteroatoms. The molecule has 1 rings (SSSR count). The highest BCUT2D eigenvalue weighted by Crippen LogP contribution is 2.21. The van der Waals surface area contributed by atoms with Crippen LogP contribution in [0.2, 0.25) is 0 Å². The van der Waals surface area contributed by atoms with Gasteiger partial charge in [0.25, 0.3) is 0 Å². The molecule has 0 aliphatic heterocycles. The molecule has 1 aromatic heterocycles. The number of alkyl halides is 3. The second-order valence-electron chi connectivity index (χ2n) is 6.10. The third kappa shape index (κ3) is 9.88. The number of halogens is 3. The van der Waals surface area contributed by atoms with Crippen molar-refractivity contribution in [2.75, 3.05) is 32.5 Å². The molecule has 0 saturated heterocycles. The van der Waals surface area contributed by atoms with Crippen LogP contribution >= 0.6 is 11.9 Å². The van der Waals surface area contributed by atoms with Crippen molar-refractivity contribution in [1.29, 1.82) is 0 Å². The maximum atomic E-state index is 12.1. The number of H-pyrrole nitrogens is 1. The number of amides is 2. The van der Waals surface area contributed by atoms with Gasteiger partial charge in [0.15, 0.2) is 12.5 Å². The number of hydrogen-bond acceptors (Lipinski definition) is 5. The highest BCUT2D eigenvalue weighted by atomic mass is 32.2. The van der Waals surface area contributed by atoms with Gasteiger partial charge in [0.1, 0.15) is 6.29 Å². The van der Waals surface area contributed by atoms with Crippen LogP contribution in [0.3, 0.4) is 0 Å². The van der Waals surface area contributed by atoms with Crippen molar-refractivity contribution in [1.82, 2.24) is 19.9 Å². The molecule has 7 nitrogen and oxygen atoms in total. The van der Waals surface area contributed by atoms with Crippen molar-refractivity contribution >= 4 is 24.3 Å². The Bertz CT molecular complexity index is 598. The minimum absolute atomic E-state index is 0.0791. The van der Waals surface area contributed by atoms with Gasteiger partial charge in [-0.05, 0) is 31.9 Å². The number of aromatic amines is 1. The van der Waals surface area contributed by atoms with Crippen molar-refractivity contribution in [3.05, 3.63) is 17.8 Å². The first-order valence-corrected chi connectivity index (χ1v) is 9.91. The normalized spacial score (nSPS) is 12.5. The van der Waals surface area contributed by atoms with Crippen LogP contribution in [0.4, 0.5) is 18.0 Å². The molecule has 1 unspecified atom stereocenters. The molecule has 0 fully saturated rings. The molecular weight excluding hydrogens is 397 g/mol. The van der Waals surface area contributed by atoms with Crippen LogP contribution in [0.15, 0.2) is 12.1 Å². The van der Waals surface area contributed by atoms with Crippen molar-refractivity contribution in [3.8, 4) is 5.88 Å². The van der Waals surface area contributed by atoms with Crippen molar-refractivity contribution in [2.45, 2.75) is 38.4 Å². The molecule has 1 heterocycles. The quantitative estimate of drug-likeness (QED) is 0.257. The molecule has 1 aromatic rings. The molecule has 0 aliphatic carbocycles. The van der Waals surface area contributed by atoms with Crippen LogP contribution in [0.5, 0.6) is 5.88 Å². The van der Waals surface area contributed by atoms with Crippen molar-refractivity contribution in [3.63, 3.8) is 0 Å². The lowest BCUT2D eigenvalue weighted by molar-refractivity contribution is -0.154. The number of urea groups is 1. The number of carbonyl (C=O) groups is 2. The van der Waals surface area contributed by atoms with Crippen LogP contribution in [-0.4, -0.2) is 60.9 Å². The SMILES string of the molecule is CNC(=O)N(CC=O)CCCCCSNC(C)c1ccc(OCC(F)(F)F)[nH]1. The Labute approximate surface area is 166 Å². The summed E-state index contributed by atoms with van der Waals surface area (Å²) in [7, 11) is 1.53. The fourth-order valence-corrected chi connectivity index (χ4v) is 3.16. The number of nitrogens with one attached hydrogen (secondary N) is 3. The summed E-state index contributed by atoms with van der Waals surface area (Å²) in [5.41, 5.74) is 0.736. The molecule has 1 atom stereocenters. The van der Waals surface area contributed by atoms with Gasteiger partial charge in [-0.3, -0.25) is 4.72 Å². The first-order valence-electron chi connectivity index (χ1n) is 8.93. The summed E-state index contributed by atoms with van der Waals surface area (Å²) in [5.74, 6) is 0.929. The maximum absolute atomic E-state index is 12.1. The summed E-state index contributed by atoms with van der Waals surface area (Å²) < 4.78 is 44.3. The first kappa shape index (κ1) is 24.2. The lowest BCUT2D eigenvalue weighted by atomic mass is 10.2. The minimum atomic E-state index is -4.37. The van der Waals surface area contributed by atoms with E-state index in [0.29, 0.717) is 12.8 Å². The molecular formula is C17H27F3N4O3S. The number of rotatable bonds is 13. The number of ether oxygens (including phenoxy) is 1. The highest BCUT2D eigenvalue weighted by molar-refractivity contribution is 7.97. The largest absolute Gasteiger partial charge is 0.469 e. The predicted molar refractivity (Wildman–Crippen MR) is 102 cm³/mol. The van der Waals surface area contributed by atoms with Crippen molar-refractivity contribution < 1.29 is 27.5 Å². The summed E-state index contributed by atoms with van der Waals surface area (Å²) >= 11 is 1.52. The summed E-state index contributed by atoms with van der Waals surface area (Å²) in [5, 5.41) is 2.50. The molecule has 0 aromatic carbocycles. The summed E-state index contributed by atoms with van der Waals surface area (Å²) in [6.07, 6.45) is -1.02. The first-order chi connectivity index (χ1) is 13.3. The average Bonchev–Trinajstić information content (AvgIpc) is 3.12. The zero-order valence-electron chi connectivity index (χ0n) is 16.0. The fourth-order valence-electron chi connectivity index (χ4n) is 2.31. The van der Waals surface area contributed by atoms with Crippen LogP contribution in [0, 0.1) is 0 Å². The second-order valence-corrected chi connectivity index (χ2v) is 7.03. The van der Waals surface area contributed by atoms with Crippen LogP contribution in [0.1, 0.15) is 37.9 Å². The van der Waals surface area contributed by atoms with Crippen LogP contribution in [-0.2, 0) is 4.79 Å². The average molecular weight is 424 g/mol. The van der Waals surface area contributed by atoms with Crippen LogP contribution in [0.25, 0.3) is 0 Å². The number of aldehydes is 1. The van der Waals surface area contributed by atoms with Gasteiger partial charge in [-0.1, -0.05) is 18.4 Å². The number of hydrogen-bond donors (Lipinski definition) is 3. The Kier molecular flexibility index (Phi) is 10.8. The molecule has 0 radical (unpaired) electrons. The molecule has 2 amide bonds. The topological polar surface area (TPSA) is 86.5 Å². The molecule has 0 aliphatic rings. The number of unbranched alkanes of at least 4 members (excludes halogenated alkanes) is 2. The standard InChI is InChI=1S/C17H27F3N4O3S/c1-13(14-6-7-15(22-14)27-12-17(18,19)20)23-28-11-5-3-4-8-24(9-10-25)16(26)21-2/h6-7,10,13,22-23H,3-5,8-9,11-12H2,1-2H3,(H,21,26). The van der Waals surface area contributed by atoms with Crippen molar-refractivity contribution in [2.24, 2.45) is 0 Å². The van der Waals surface area contributed by atoms with Gasteiger partial charge in [-0.15, -0.1) is 0 Å². The Morgan fingerprint density at radius 2 is 2.11 bits per heavy atom. The van der Waals surface area contributed by atoms with Gasteiger partial charge in [0.2, 0.25) is 0 Å².